The van der Waals surface area contributed by atoms with Crippen molar-refractivity contribution in [2.45, 2.75) is 25.9 Å². The van der Waals surface area contributed by atoms with Gasteiger partial charge < -0.3 is 9.47 Å². The maximum atomic E-state index is 6.38. The van der Waals surface area contributed by atoms with Crippen molar-refractivity contribution in [3.8, 4) is 16.9 Å². The molecule has 1 unspecified atom stereocenters. The van der Waals surface area contributed by atoms with Crippen molar-refractivity contribution in [1.29, 1.82) is 0 Å². The van der Waals surface area contributed by atoms with Crippen molar-refractivity contribution in [1.82, 2.24) is 0 Å². The molecule has 2 aromatic carbocycles. The first-order valence-corrected chi connectivity index (χ1v) is 7.99. The maximum absolute atomic E-state index is 6.38. The molecule has 1 atom stereocenters. The molecule has 0 amide bonds. The number of hydrogen-bond acceptors (Lipinski definition) is 2. The number of benzene rings is 2. The molecule has 0 fully saturated rings. The molecule has 1 aliphatic rings. The van der Waals surface area contributed by atoms with Gasteiger partial charge in [0.15, 0.2) is 0 Å². The summed E-state index contributed by atoms with van der Waals surface area (Å²) in [6.45, 7) is 2.65. The number of ether oxygens (including phenoxy) is 2. The van der Waals surface area contributed by atoms with Crippen LogP contribution in [-0.4, -0.2) is 6.61 Å². The van der Waals surface area contributed by atoms with Gasteiger partial charge in [0.05, 0.1) is 12.9 Å². The molecule has 114 valence electrons. The lowest BCUT2D eigenvalue weighted by Crippen LogP contribution is -2.04. The summed E-state index contributed by atoms with van der Waals surface area (Å²) in [6, 6.07) is 14.1. The van der Waals surface area contributed by atoms with Gasteiger partial charge in [-0.05, 0) is 61.2 Å². The van der Waals surface area contributed by atoms with Crippen LogP contribution >= 0.6 is 11.6 Å². The third kappa shape index (κ3) is 3.28. The quantitative estimate of drug-likeness (QED) is 0.713. The highest BCUT2D eigenvalue weighted by molar-refractivity contribution is 6.33. The molecule has 2 aromatic rings. The number of rotatable bonds is 4. The normalized spacial score (nSPS) is 17.1. The Balaban J connectivity index is 1.90. The van der Waals surface area contributed by atoms with E-state index >= 15 is 0 Å². The molecule has 0 spiro atoms. The minimum atomic E-state index is 0.115. The topological polar surface area (TPSA) is 18.5 Å². The average molecular weight is 315 g/mol. The summed E-state index contributed by atoms with van der Waals surface area (Å²) in [4.78, 5) is 0. The van der Waals surface area contributed by atoms with Gasteiger partial charge >= 0.3 is 0 Å². The molecule has 3 heteroatoms. The van der Waals surface area contributed by atoms with Crippen LogP contribution in [0.5, 0.6) is 5.75 Å². The van der Waals surface area contributed by atoms with Gasteiger partial charge in [-0.15, -0.1) is 0 Å². The molecule has 1 heterocycles. The molecule has 22 heavy (non-hydrogen) atoms. The van der Waals surface area contributed by atoms with E-state index in [1.165, 1.54) is 0 Å². The second-order valence-corrected chi connectivity index (χ2v) is 5.68. The first kappa shape index (κ1) is 15.0. The van der Waals surface area contributed by atoms with Crippen molar-refractivity contribution < 1.29 is 9.47 Å². The standard InChI is InChI=1S/C19H19ClO2/c1-2-21-16-9-6-14(7-10-16)17-13-15(8-11-18(17)20)19-5-3-4-12-22-19/h4,6-13,19H,2-3,5H2,1H3. The Morgan fingerprint density at radius 3 is 2.68 bits per heavy atom. The number of allylic oxidation sites excluding steroid dienone is 1. The van der Waals surface area contributed by atoms with E-state index in [0.717, 1.165) is 40.3 Å². The van der Waals surface area contributed by atoms with Gasteiger partial charge in [0, 0.05) is 10.6 Å². The van der Waals surface area contributed by atoms with Crippen LogP contribution in [0, 0.1) is 0 Å². The summed E-state index contributed by atoms with van der Waals surface area (Å²) >= 11 is 6.38. The molecule has 0 aliphatic carbocycles. The fraction of sp³-hybridized carbons (Fsp3) is 0.263. The number of halogens is 1. The van der Waals surface area contributed by atoms with Gasteiger partial charge in [0.2, 0.25) is 0 Å². The van der Waals surface area contributed by atoms with E-state index in [1.54, 1.807) is 6.26 Å². The molecule has 0 aromatic heterocycles. The Labute approximate surface area is 136 Å². The third-order valence-corrected chi connectivity index (χ3v) is 4.10. The largest absolute Gasteiger partial charge is 0.494 e. The molecular weight excluding hydrogens is 296 g/mol. The van der Waals surface area contributed by atoms with E-state index in [9.17, 15) is 0 Å². The Hall–Kier alpha value is -1.93. The van der Waals surface area contributed by atoms with Crippen molar-refractivity contribution >= 4 is 11.6 Å². The predicted molar refractivity (Wildman–Crippen MR) is 90.3 cm³/mol. The zero-order valence-corrected chi connectivity index (χ0v) is 13.3. The van der Waals surface area contributed by atoms with Crippen molar-refractivity contribution in [2.75, 3.05) is 6.61 Å². The Morgan fingerprint density at radius 2 is 2.00 bits per heavy atom. The van der Waals surface area contributed by atoms with Crippen LogP contribution in [0.3, 0.4) is 0 Å². The Bertz CT molecular complexity index is 662. The van der Waals surface area contributed by atoms with E-state index in [2.05, 4.69) is 12.1 Å². The van der Waals surface area contributed by atoms with Gasteiger partial charge in [0.1, 0.15) is 11.9 Å². The fourth-order valence-electron chi connectivity index (χ4n) is 2.64. The zero-order valence-electron chi connectivity index (χ0n) is 12.6. The van der Waals surface area contributed by atoms with Gasteiger partial charge in [-0.3, -0.25) is 0 Å². The lowest BCUT2D eigenvalue weighted by atomic mass is 9.98. The lowest BCUT2D eigenvalue weighted by molar-refractivity contribution is 0.125. The summed E-state index contributed by atoms with van der Waals surface area (Å²) in [6.07, 6.45) is 6.01. The predicted octanol–water partition coefficient (Wildman–Crippen LogP) is 5.77. The second-order valence-electron chi connectivity index (χ2n) is 5.27. The highest BCUT2D eigenvalue weighted by Crippen LogP contribution is 2.34. The average Bonchev–Trinajstić information content (AvgIpc) is 2.57. The SMILES string of the molecule is CCOc1ccc(-c2cc(C3CCC=CO3)ccc2Cl)cc1. The van der Waals surface area contributed by atoms with Crippen molar-refractivity contribution in [3.05, 3.63) is 65.4 Å². The van der Waals surface area contributed by atoms with Crippen molar-refractivity contribution in [2.24, 2.45) is 0 Å². The van der Waals surface area contributed by atoms with E-state index < -0.39 is 0 Å². The van der Waals surface area contributed by atoms with Gasteiger partial charge in [-0.1, -0.05) is 29.8 Å². The van der Waals surface area contributed by atoms with Crippen LogP contribution in [-0.2, 0) is 4.74 Å². The van der Waals surface area contributed by atoms with E-state index in [1.807, 2.05) is 43.3 Å². The Morgan fingerprint density at radius 1 is 1.18 bits per heavy atom. The van der Waals surface area contributed by atoms with E-state index in [4.69, 9.17) is 21.1 Å². The summed E-state index contributed by atoms with van der Waals surface area (Å²) in [5.74, 6) is 0.874. The molecule has 0 saturated heterocycles. The van der Waals surface area contributed by atoms with Crippen molar-refractivity contribution in [3.63, 3.8) is 0 Å². The summed E-state index contributed by atoms with van der Waals surface area (Å²) in [5, 5.41) is 0.749. The van der Waals surface area contributed by atoms with Crippen LogP contribution in [0.2, 0.25) is 5.02 Å². The molecule has 3 rings (SSSR count). The third-order valence-electron chi connectivity index (χ3n) is 3.77. The molecule has 0 saturated carbocycles. The summed E-state index contributed by atoms with van der Waals surface area (Å²) in [5.41, 5.74) is 3.28. The number of hydrogen-bond donors (Lipinski definition) is 0. The monoisotopic (exact) mass is 314 g/mol. The van der Waals surface area contributed by atoms with Crippen LogP contribution in [0.4, 0.5) is 0 Å². The van der Waals surface area contributed by atoms with Crippen LogP contribution < -0.4 is 4.74 Å². The van der Waals surface area contributed by atoms with Gasteiger partial charge in [-0.2, -0.15) is 0 Å². The van der Waals surface area contributed by atoms with Crippen LogP contribution in [0.25, 0.3) is 11.1 Å². The molecular formula is C19H19ClO2. The van der Waals surface area contributed by atoms with E-state index in [-0.39, 0.29) is 6.10 Å². The Kier molecular flexibility index (Phi) is 4.69. The minimum Gasteiger partial charge on any atom is -0.494 e. The summed E-state index contributed by atoms with van der Waals surface area (Å²) < 4.78 is 11.2. The van der Waals surface area contributed by atoms with E-state index in [0.29, 0.717) is 6.61 Å². The van der Waals surface area contributed by atoms with Crippen LogP contribution in [0.15, 0.2) is 54.8 Å². The minimum absolute atomic E-state index is 0.115. The lowest BCUT2D eigenvalue weighted by Gasteiger charge is -2.20. The first-order chi connectivity index (χ1) is 10.8. The molecule has 2 nitrogen and oxygen atoms in total. The zero-order chi connectivity index (χ0) is 15.4. The molecule has 0 bridgehead atoms. The van der Waals surface area contributed by atoms with Crippen LogP contribution in [0.1, 0.15) is 31.4 Å². The molecule has 0 N–H and O–H groups in total. The maximum Gasteiger partial charge on any atom is 0.123 e. The van der Waals surface area contributed by atoms with Gasteiger partial charge in [0.25, 0.3) is 0 Å². The van der Waals surface area contributed by atoms with Gasteiger partial charge in [-0.25, -0.2) is 0 Å². The molecule has 1 aliphatic heterocycles. The summed E-state index contributed by atoms with van der Waals surface area (Å²) in [7, 11) is 0. The second kappa shape index (κ2) is 6.89. The molecule has 0 radical (unpaired) electrons. The highest BCUT2D eigenvalue weighted by Gasteiger charge is 2.15. The fourth-order valence-corrected chi connectivity index (χ4v) is 2.87. The smallest absolute Gasteiger partial charge is 0.123 e. The highest BCUT2D eigenvalue weighted by atomic mass is 35.5. The first-order valence-electron chi connectivity index (χ1n) is 7.61.